The van der Waals surface area contributed by atoms with Crippen LogP contribution in [-0.4, -0.2) is 34.7 Å². The van der Waals surface area contributed by atoms with E-state index in [1.165, 1.54) is 0 Å². The maximum Gasteiger partial charge on any atom is 0.325 e. The molecule has 20 heavy (non-hydrogen) atoms. The van der Waals surface area contributed by atoms with Crippen LogP contribution in [0, 0.1) is 11.3 Å². The van der Waals surface area contributed by atoms with Crippen molar-refractivity contribution >= 4 is 17.7 Å². The molecule has 0 radical (unpaired) electrons. The Bertz CT molecular complexity index is 453. The van der Waals surface area contributed by atoms with Crippen molar-refractivity contribution in [3.05, 3.63) is 0 Å². The molecule has 1 aliphatic carbocycles. The van der Waals surface area contributed by atoms with Gasteiger partial charge in [0, 0.05) is 5.41 Å². The number of carbonyl (C=O) groups is 3. The van der Waals surface area contributed by atoms with Crippen LogP contribution in [0.2, 0.25) is 0 Å². The van der Waals surface area contributed by atoms with E-state index in [-0.39, 0.29) is 24.2 Å². The first-order valence-electron chi connectivity index (χ1n) is 7.36. The summed E-state index contributed by atoms with van der Waals surface area (Å²) in [4.78, 5) is 38.0. The molecular formula is C15H24N2O3. The molecule has 1 aliphatic heterocycles. The lowest BCUT2D eigenvalue weighted by atomic mass is 9.73. The largest absolute Gasteiger partial charge is 0.325 e. The molecule has 1 saturated heterocycles. The van der Waals surface area contributed by atoms with Gasteiger partial charge in [-0.3, -0.25) is 14.5 Å². The van der Waals surface area contributed by atoms with E-state index < -0.39 is 17.0 Å². The molecule has 0 aromatic carbocycles. The maximum atomic E-state index is 12.7. The van der Waals surface area contributed by atoms with Gasteiger partial charge in [0.05, 0.1) is 6.54 Å². The molecule has 0 bridgehead atoms. The molecule has 1 N–H and O–H groups in total. The first kappa shape index (κ1) is 15.0. The normalized spacial score (nSPS) is 30.8. The number of amides is 3. The van der Waals surface area contributed by atoms with Crippen LogP contribution >= 0.6 is 0 Å². The smallest absolute Gasteiger partial charge is 0.323 e. The van der Waals surface area contributed by atoms with Gasteiger partial charge in [-0.25, -0.2) is 4.79 Å². The monoisotopic (exact) mass is 280 g/mol. The first-order valence-corrected chi connectivity index (χ1v) is 7.36. The molecule has 2 aliphatic rings. The molecule has 1 spiro atoms. The summed E-state index contributed by atoms with van der Waals surface area (Å²) in [6.07, 6.45) is 3.65. The number of hydrogen-bond donors (Lipinski definition) is 1. The first-order chi connectivity index (χ1) is 9.18. The zero-order chi connectivity index (χ0) is 15.1. The maximum absolute atomic E-state index is 12.7. The Morgan fingerprint density at radius 2 is 2.00 bits per heavy atom. The quantitative estimate of drug-likeness (QED) is 0.788. The van der Waals surface area contributed by atoms with Crippen molar-refractivity contribution in [2.24, 2.45) is 11.3 Å². The van der Waals surface area contributed by atoms with Gasteiger partial charge >= 0.3 is 6.03 Å². The minimum absolute atomic E-state index is 0.0958. The van der Waals surface area contributed by atoms with E-state index in [0.717, 1.165) is 24.2 Å². The van der Waals surface area contributed by atoms with Crippen molar-refractivity contribution in [1.82, 2.24) is 10.2 Å². The van der Waals surface area contributed by atoms with Crippen LogP contribution < -0.4 is 5.32 Å². The van der Waals surface area contributed by atoms with Gasteiger partial charge in [-0.1, -0.05) is 40.5 Å². The summed E-state index contributed by atoms with van der Waals surface area (Å²) in [5, 5.41) is 2.86. The van der Waals surface area contributed by atoms with Crippen LogP contribution in [0.15, 0.2) is 0 Å². The summed E-state index contributed by atoms with van der Waals surface area (Å²) < 4.78 is 0. The van der Waals surface area contributed by atoms with E-state index in [1.54, 1.807) is 20.8 Å². The lowest BCUT2D eigenvalue weighted by Crippen LogP contribution is -2.54. The second kappa shape index (κ2) is 4.86. The van der Waals surface area contributed by atoms with E-state index in [4.69, 9.17) is 0 Å². The van der Waals surface area contributed by atoms with E-state index in [9.17, 15) is 14.4 Å². The SMILES string of the molecule is CC1CCCCC12NC(=O)N(CC(=O)C(C)(C)C)C2=O. The predicted molar refractivity (Wildman–Crippen MR) is 75.1 cm³/mol. The van der Waals surface area contributed by atoms with Crippen molar-refractivity contribution in [2.45, 2.75) is 58.9 Å². The Labute approximate surface area is 120 Å². The standard InChI is InChI=1S/C15H24N2O3/c1-10-7-5-6-8-15(10)12(19)17(13(20)16-15)9-11(18)14(2,3)4/h10H,5-9H2,1-4H3,(H,16,20). The number of ketones is 1. The number of nitrogens with one attached hydrogen (secondary N) is 1. The number of Topliss-reactive ketones (excluding diaryl/α,β-unsaturated/α-hetero) is 1. The number of rotatable bonds is 2. The van der Waals surface area contributed by atoms with Gasteiger partial charge in [0.25, 0.3) is 5.91 Å². The highest BCUT2D eigenvalue weighted by molar-refractivity contribution is 6.09. The van der Waals surface area contributed by atoms with Crippen molar-refractivity contribution in [3.8, 4) is 0 Å². The summed E-state index contributed by atoms with van der Waals surface area (Å²) >= 11 is 0. The predicted octanol–water partition coefficient (Wildman–Crippen LogP) is 2.10. The van der Waals surface area contributed by atoms with Crippen LogP contribution in [0.1, 0.15) is 53.4 Å². The lowest BCUT2D eigenvalue weighted by molar-refractivity contribution is -0.138. The second-order valence-electron chi connectivity index (χ2n) is 7.11. The van der Waals surface area contributed by atoms with Crippen molar-refractivity contribution < 1.29 is 14.4 Å². The van der Waals surface area contributed by atoms with Crippen LogP contribution in [0.5, 0.6) is 0 Å². The average Bonchev–Trinajstić information content (AvgIpc) is 2.57. The number of imide groups is 1. The molecule has 2 atom stereocenters. The molecule has 112 valence electrons. The van der Waals surface area contributed by atoms with Gasteiger partial charge in [-0.05, 0) is 18.8 Å². The average molecular weight is 280 g/mol. The molecule has 5 nitrogen and oxygen atoms in total. The van der Waals surface area contributed by atoms with Gasteiger partial charge in [0.2, 0.25) is 0 Å². The van der Waals surface area contributed by atoms with E-state index in [1.807, 2.05) is 6.92 Å². The Morgan fingerprint density at radius 3 is 2.55 bits per heavy atom. The number of hydrogen-bond acceptors (Lipinski definition) is 3. The van der Waals surface area contributed by atoms with E-state index in [0.29, 0.717) is 6.42 Å². The summed E-state index contributed by atoms with van der Waals surface area (Å²) in [6.45, 7) is 7.28. The summed E-state index contributed by atoms with van der Waals surface area (Å²) in [5.41, 5.74) is -1.32. The minimum Gasteiger partial charge on any atom is -0.323 e. The van der Waals surface area contributed by atoms with Crippen molar-refractivity contribution in [2.75, 3.05) is 6.54 Å². The lowest BCUT2D eigenvalue weighted by Gasteiger charge is -2.36. The van der Waals surface area contributed by atoms with Crippen LogP contribution in [-0.2, 0) is 9.59 Å². The number of carbonyl (C=O) groups excluding carboxylic acids is 3. The summed E-state index contributed by atoms with van der Waals surface area (Å²) in [7, 11) is 0. The fourth-order valence-corrected chi connectivity index (χ4v) is 3.02. The third-order valence-corrected chi connectivity index (χ3v) is 4.64. The molecule has 3 amide bonds. The summed E-state index contributed by atoms with van der Waals surface area (Å²) in [6, 6.07) is -0.415. The van der Waals surface area contributed by atoms with Gasteiger partial charge in [0.15, 0.2) is 5.78 Å². The molecular weight excluding hydrogens is 256 g/mol. The summed E-state index contributed by atoms with van der Waals surface area (Å²) in [5.74, 6) is -0.184. The van der Waals surface area contributed by atoms with Crippen LogP contribution in [0.3, 0.4) is 0 Å². The van der Waals surface area contributed by atoms with Crippen LogP contribution in [0.25, 0.3) is 0 Å². The topological polar surface area (TPSA) is 66.5 Å². The van der Waals surface area contributed by atoms with Crippen molar-refractivity contribution in [1.29, 1.82) is 0 Å². The second-order valence-corrected chi connectivity index (χ2v) is 7.11. The van der Waals surface area contributed by atoms with Gasteiger partial charge in [-0.2, -0.15) is 0 Å². The Morgan fingerprint density at radius 1 is 1.35 bits per heavy atom. The van der Waals surface area contributed by atoms with Gasteiger partial charge in [0.1, 0.15) is 5.54 Å². The Hall–Kier alpha value is -1.39. The Balaban J connectivity index is 2.19. The molecule has 2 fully saturated rings. The molecule has 0 aromatic rings. The molecule has 1 saturated carbocycles. The highest BCUT2D eigenvalue weighted by Crippen LogP contribution is 2.38. The third-order valence-electron chi connectivity index (χ3n) is 4.64. The highest BCUT2D eigenvalue weighted by Gasteiger charge is 2.55. The fourth-order valence-electron chi connectivity index (χ4n) is 3.02. The fraction of sp³-hybridized carbons (Fsp3) is 0.800. The Kier molecular flexibility index (Phi) is 3.65. The van der Waals surface area contributed by atoms with E-state index >= 15 is 0 Å². The van der Waals surface area contributed by atoms with E-state index in [2.05, 4.69) is 5.32 Å². The molecule has 0 aromatic heterocycles. The van der Waals surface area contributed by atoms with Crippen molar-refractivity contribution in [3.63, 3.8) is 0 Å². The number of urea groups is 1. The van der Waals surface area contributed by atoms with Gasteiger partial charge in [-0.15, -0.1) is 0 Å². The van der Waals surface area contributed by atoms with Gasteiger partial charge < -0.3 is 5.32 Å². The van der Waals surface area contributed by atoms with Crippen LogP contribution in [0.4, 0.5) is 4.79 Å². The molecule has 1 heterocycles. The zero-order valence-electron chi connectivity index (χ0n) is 12.8. The minimum atomic E-state index is -0.770. The zero-order valence-corrected chi connectivity index (χ0v) is 12.8. The third kappa shape index (κ3) is 2.34. The number of nitrogens with zero attached hydrogens (tertiary/aromatic N) is 1. The highest BCUT2D eigenvalue weighted by atomic mass is 16.2. The molecule has 2 rings (SSSR count). The molecule has 2 unspecified atom stereocenters. The molecule has 5 heteroatoms.